The average molecular weight is 310 g/mol. The largest absolute Gasteiger partial charge is 0.279 e. The fourth-order valence-electron chi connectivity index (χ4n) is 1.82. The highest BCUT2D eigenvalue weighted by atomic mass is 35.5. The van der Waals surface area contributed by atoms with Crippen molar-refractivity contribution in [1.29, 1.82) is 0 Å². The molecule has 3 nitrogen and oxygen atoms in total. The van der Waals surface area contributed by atoms with Crippen LogP contribution < -0.4 is 4.72 Å². The number of nitrogens with one attached hydrogen (secondary N) is 1. The molecule has 0 radical (unpaired) electrons. The van der Waals surface area contributed by atoms with E-state index in [9.17, 15) is 8.42 Å². The molecule has 0 atom stereocenters. The van der Waals surface area contributed by atoms with Crippen molar-refractivity contribution in [3.63, 3.8) is 0 Å². The summed E-state index contributed by atoms with van der Waals surface area (Å²) >= 11 is 5.85. The minimum atomic E-state index is -3.59. The maximum atomic E-state index is 12.3. The Labute approximate surface area is 124 Å². The molecule has 0 heterocycles. The molecule has 2 aromatic rings. The van der Waals surface area contributed by atoms with Crippen LogP contribution in [-0.4, -0.2) is 8.42 Å². The quantitative estimate of drug-likeness (QED) is 0.872. The van der Waals surface area contributed by atoms with Gasteiger partial charge in [0, 0.05) is 5.88 Å². The summed E-state index contributed by atoms with van der Waals surface area (Å²) in [6.07, 6.45) is 0. The number of alkyl halides is 1. The maximum Gasteiger partial charge on any atom is 0.261 e. The van der Waals surface area contributed by atoms with Crippen molar-refractivity contribution in [3.8, 4) is 0 Å². The average Bonchev–Trinajstić information content (AvgIpc) is 2.39. The molecule has 0 saturated carbocycles. The summed E-state index contributed by atoms with van der Waals surface area (Å²) in [6, 6.07) is 12.2. The van der Waals surface area contributed by atoms with Crippen molar-refractivity contribution in [1.82, 2.24) is 0 Å². The highest BCUT2D eigenvalue weighted by molar-refractivity contribution is 7.92. The van der Waals surface area contributed by atoms with Crippen LogP contribution in [0.2, 0.25) is 0 Å². The first-order valence-corrected chi connectivity index (χ1v) is 8.19. The highest BCUT2D eigenvalue weighted by Gasteiger charge is 2.15. The Kier molecular flexibility index (Phi) is 4.35. The Hall–Kier alpha value is -1.52. The van der Waals surface area contributed by atoms with Crippen molar-refractivity contribution in [2.24, 2.45) is 0 Å². The van der Waals surface area contributed by atoms with E-state index in [1.54, 1.807) is 30.3 Å². The van der Waals surface area contributed by atoms with Crippen LogP contribution in [0.4, 0.5) is 5.69 Å². The summed E-state index contributed by atoms with van der Waals surface area (Å²) in [5, 5.41) is 0. The summed E-state index contributed by atoms with van der Waals surface area (Å²) in [7, 11) is -3.59. The third-order valence-electron chi connectivity index (χ3n) is 2.98. The molecule has 0 aromatic heterocycles. The molecule has 0 aliphatic carbocycles. The first kappa shape index (κ1) is 14.9. The number of anilines is 1. The van der Waals surface area contributed by atoms with Gasteiger partial charge in [-0.05, 0) is 43.2 Å². The Morgan fingerprint density at radius 1 is 1.00 bits per heavy atom. The standard InChI is InChI=1S/C15H16ClNO2S/c1-11-4-7-14(8-5-11)20(18,19)17-15-9-12(2)3-6-13(15)10-16/h3-9,17H,10H2,1-2H3. The predicted octanol–water partition coefficient (Wildman–Crippen LogP) is 3.84. The molecular formula is C15H16ClNO2S. The molecule has 0 amide bonds. The first-order chi connectivity index (χ1) is 9.42. The van der Waals surface area contributed by atoms with Gasteiger partial charge in [-0.1, -0.05) is 29.8 Å². The van der Waals surface area contributed by atoms with E-state index in [4.69, 9.17) is 11.6 Å². The fraction of sp³-hybridized carbons (Fsp3) is 0.200. The maximum absolute atomic E-state index is 12.3. The van der Waals surface area contributed by atoms with Gasteiger partial charge in [-0.3, -0.25) is 4.72 Å². The van der Waals surface area contributed by atoms with Gasteiger partial charge in [-0.2, -0.15) is 0 Å². The molecule has 5 heteroatoms. The monoisotopic (exact) mass is 309 g/mol. The zero-order valence-electron chi connectivity index (χ0n) is 11.4. The number of hydrogen-bond donors (Lipinski definition) is 1. The van der Waals surface area contributed by atoms with Gasteiger partial charge < -0.3 is 0 Å². The molecule has 0 fully saturated rings. The molecule has 0 unspecified atom stereocenters. The molecule has 0 aliphatic rings. The molecular weight excluding hydrogens is 294 g/mol. The van der Waals surface area contributed by atoms with Gasteiger partial charge in [0.05, 0.1) is 10.6 Å². The lowest BCUT2D eigenvalue weighted by Crippen LogP contribution is -2.14. The number of hydrogen-bond acceptors (Lipinski definition) is 2. The van der Waals surface area contributed by atoms with Crippen molar-refractivity contribution < 1.29 is 8.42 Å². The molecule has 1 N–H and O–H groups in total. The van der Waals surface area contributed by atoms with E-state index in [0.29, 0.717) is 5.69 Å². The summed E-state index contributed by atoms with van der Waals surface area (Å²) in [5.74, 6) is 0.256. The van der Waals surface area contributed by atoms with E-state index in [1.807, 2.05) is 26.0 Å². The third-order valence-corrected chi connectivity index (χ3v) is 4.65. The van der Waals surface area contributed by atoms with Crippen LogP contribution >= 0.6 is 11.6 Å². The van der Waals surface area contributed by atoms with Crippen LogP contribution in [0.1, 0.15) is 16.7 Å². The van der Waals surface area contributed by atoms with Crippen LogP contribution in [0.5, 0.6) is 0 Å². The number of sulfonamides is 1. The van der Waals surface area contributed by atoms with Gasteiger partial charge in [0.15, 0.2) is 0 Å². The number of aryl methyl sites for hydroxylation is 2. The fourth-order valence-corrected chi connectivity index (χ4v) is 3.15. The second kappa shape index (κ2) is 5.85. The van der Waals surface area contributed by atoms with E-state index in [-0.39, 0.29) is 10.8 Å². The Balaban J connectivity index is 2.37. The lowest BCUT2D eigenvalue weighted by Gasteiger charge is -2.12. The zero-order valence-corrected chi connectivity index (χ0v) is 12.9. The number of halogens is 1. The Bertz CT molecular complexity index is 709. The van der Waals surface area contributed by atoms with Crippen molar-refractivity contribution in [2.45, 2.75) is 24.6 Å². The van der Waals surface area contributed by atoms with Crippen LogP contribution in [-0.2, 0) is 15.9 Å². The minimum absolute atomic E-state index is 0.241. The van der Waals surface area contributed by atoms with Gasteiger partial charge in [-0.25, -0.2) is 8.42 Å². The zero-order chi connectivity index (χ0) is 14.8. The number of rotatable bonds is 4. The second-order valence-electron chi connectivity index (χ2n) is 4.71. The van der Waals surface area contributed by atoms with E-state index in [2.05, 4.69) is 4.72 Å². The lowest BCUT2D eigenvalue weighted by atomic mass is 10.1. The molecule has 106 valence electrons. The highest BCUT2D eigenvalue weighted by Crippen LogP contribution is 2.23. The van der Waals surface area contributed by atoms with Crippen molar-refractivity contribution in [3.05, 3.63) is 59.2 Å². The molecule has 2 rings (SSSR count). The Morgan fingerprint density at radius 2 is 1.60 bits per heavy atom. The molecule has 20 heavy (non-hydrogen) atoms. The van der Waals surface area contributed by atoms with Gasteiger partial charge in [0.2, 0.25) is 0 Å². The van der Waals surface area contributed by atoms with E-state index in [0.717, 1.165) is 16.7 Å². The van der Waals surface area contributed by atoms with Crippen LogP contribution in [0.25, 0.3) is 0 Å². The topological polar surface area (TPSA) is 46.2 Å². The van der Waals surface area contributed by atoms with E-state index in [1.165, 1.54) is 0 Å². The molecule has 0 saturated heterocycles. The molecule has 2 aromatic carbocycles. The van der Waals surface area contributed by atoms with Crippen molar-refractivity contribution in [2.75, 3.05) is 4.72 Å². The van der Waals surface area contributed by atoms with Gasteiger partial charge in [0.1, 0.15) is 0 Å². The SMILES string of the molecule is Cc1ccc(S(=O)(=O)Nc2cc(C)ccc2CCl)cc1. The second-order valence-corrected chi connectivity index (χ2v) is 6.66. The normalized spacial score (nSPS) is 11.3. The predicted molar refractivity (Wildman–Crippen MR) is 82.7 cm³/mol. The summed E-state index contributed by atoms with van der Waals surface area (Å²) in [6.45, 7) is 3.82. The molecule has 0 bridgehead atoms. The van der Waals surface area contributed by atoms with Gasteiger partial charge >= 0.3 is 0 Å². The molecule has 0 spiro atoms. The van der Waals surface area contributed by atoms with Gasteiger partial charge in [0.25, 0.3) is 10.0 Å². The summed E-state index contributed by atoms with van der Waals surface area (Å²) in [5.41, 5.74) is 3.27. The van der Waals surface area contributed by atoms with Crippen molar-refractivity contribution >= 4 is 27.3 Å². The lowest BCUT2D eigenvalue weighted by molar-refractivity contribution is 0.601. The van der Waals surface area contributed by atoms with Crippen LogP contribution in [0, 0.1) is 13.8 Å². The van der Waals surface area contributed by atoms with Crippen LogP contribution in [0.3, 0.4) is 0 Å². The Morgan fingerprint density at radius 3 is 2.20 bits per heavy atom. The first-order valence-electron chi connectivity index (χ1n) is 6.17. The summed E-state index contributed by atoms with van der Waals surface area (Å²) < 4.78 is 27.3. The summed E-state index contributed by atoms with van der Waals surface area (Å²) in [4.78, 5) is 0.241. The smallest absolute Gasteiger partial charge is 0.261 e. The van der Waals surface area contributed by atoms with Gasteiger partial charge in [-0.15, -0.1) is 11.6 Å². The third kappa shape index (κ3) is 3.32. The number of benzene rings is 2. The van der Waals surface area contributed by atoms with Crippen LogP contribution in [0.15, 0.2) is 47.4 Å². The van der Waals surface area contributed by atoms with E-state index < -0.39 is 10.0 Å². The minimum Gasteiger partial charge on any atom is -0.279 e. The molecule has 0 aliphatic heterocycles. The van der Waals surface area contributed by atoms with E-state index >= 15 is 0 Å².